The van der Waals surface area contributed by atoms with Crippen molar-refractivity contribution in [1.82, 2.24) is 29.2 Å². The molecule has 2 aliphatic rings. The van der Waals surface area contributed by atoms with Crippen molar-refractivity contribution < 1.29 is 0 Å². The largest absolute Gasteiger partial charge is 0.370 e. The van der Waals surface area contributed by atoms with Crippen LogP contribution in [0.3, 0.4) is 0 Å². The molecule has 176 valence electrons. The molecule has 0 atom stereocenters. The average Bonchev–Trinajstić information content (AvgIpc) is 3.55. The predicted molar refractivity (Wildman–Crippen MR) is 130 cm³/mol. The Morgan fingerprint density at radius 3 is 2.62 bits per heavy atom. The molecule has 4 heterocycles. The van der Waals surface area contributed by atoms with Gasteiger partial charge in [-0.25, -0.2) is 9.78 Å². The number of nitrogens with zero attached hydrogens (tertiary/aromatic N) is 8. The van der Waals surface area contributed by atoms with Crippen molar-refractivity contribution in [2.24, 2.45) is 7.05 Å². The van der Waals surface area contributed by atoms with Crippen LogP contribution in [0.1, 0.15) is 43.0 Å². The molecule has 0 spiro atoms. The van der Waals surface area contributed by atoms with E-state index in [2.05, 4.69) is 31.1 Å². The molecule has 34 heavy (non-hydrogen) atoms. The Hall–Kier alpha value is -3.51. The Morgan fingerprint density at radius 2 is 1.91 bits per heavy atom. The van der Waals surface area contributed by atoms with Gasteiger partial charge in [-0.3, -0.25) is 4.57 Å². The smallest absolute Gasteiger partial charge is 0.347 e. The number of rotatable bonds is 6. The monoisotopic (exact) mass is 458 g/mol. The Labute approximate surface area is 199 Å². The van der Waals surface area contributed by atoms with Crippen LogP contribution in [-0.2, 0) is 13.6 Å². The zero-order valence-electron chi connectivity index (χ0n) is 19.6. The van der Waals surface area contributed by atoms with E-state index >= 15 is 0 Å². The maximum Gasteiger partial charge on any atom is 0.347 e. The Bertz CT molecular complexity index is 1240. The standard InChI is InChI=1S/C25H30N8O/c1-30-18-28-29-24(30)19-7-11-32(12-8-19)23-20(15-26)5-4-6-22(23)21-16-27-25(34)33(17-21)14-13-31-9-2-3-10-31/h4-6,16-19H,2-3,7-14H2,1H3. The third kappa shape index (κ3) is 4.46. The lowest BCUT2D eigenvalue weighted by Gasteiger charge is -2.35. The number of para-hydroxylation sites is 1. The van der Waals surface area contributed by atoms with Gasteiger partial charge in [0.05, 0.1) is 11.3 Å². The molecule has 2 fully saturated rings. The highest BCUT2D eigenvalue weighted by Crippen LogP contribution is 2.37. The Morgan fingerprint density at radius 1 is 1.12 bits per heavy atom. The fraction of sp³-hybridized carbons (Fsp3) is 0.480. The number of piperidine rings is 1. The zero-order valence-corrected chi connectivity index (χ0v) is 19.6. The van der Waals surface area contributed by atoms with Gasteiger partial charge in [0.25, 0.3) is 0 Å². The van der Waals surface area contributed by atoms with Gasteiger partial charge < -0.3 is 14.4 Å². The summed E-state index contributed by atoms with van der Waals surface area (Å²) in [5, 5.41) is 18.2. The van der Waals surface area contributed by atoms with Crippen molar-refractivity contribution >= 4 is 5.69 Å². The Kier molecular flexibility index (Phi) is 6.41. The second kappa shape index (κ2) is 9.77. The first-order valence-corrected chi connectivity index (χ1v) is 12.0. The van der Waals surface area contributed by atoms with Crippen LogP contribution in [0.4, 0.5) is 5.69 Å². The summed E-state index contributed by atoms with van der Waals surface area (Å²) in [5.74, 6) is 1.37. The number of benzene rings is 1. The summed E-state index contributed by atoms with van der Waals surface area (Å²) in [6.45, 7) is 5.32. The van der Waals surface area contributed by atoms with E-state index in [-0.39, 0.29) is 5.69 Å². The lowest BCUT2D eigenvalue weighted by molar-refractivity contribution is 0.319. The van der Waals surface area contributed by atoms with Crippen LogP contribution in [0.15, 0.2) is 41.7 Å². The molecule has 0 bridgehead atoms. The molecule has 9 heteroatoms. The zero-order chi connectivity index (χ0) is 23.5. The van der Waals surface area contributed by atoms with Crippen LogP contribution < -0.4 is 10.6 Å². The van der Waals surface area contributed by atoms with Gasteiger partial charge in [-0.2, -0.15) is 5.26 Å². The molecule has 0 saturated carbocycles. The molecule has 0 aliphatic carbocycles. The Balaban J connectivity index is 1.41. The maximum atomic E-state index is 12.5. The van der Waals surface area contributed by atoms with Crippen LogP contribution in [-0.4, -0.2) is 61.9 Å². The SMILES string of the molecule is Cn1cnnc1C1CCN(c2c(C#N)cccc2-c2cnc(=O)n(CCN3CCCC3)c2)CC1. The van der Waals surface area contributed by atoms with Gasteiger partial charge in [0.15, 0.2) is 0 Å². The molecule has 0 unspecified atom stereocenters. The summed E-state index contributed by atoms with van der Waals surface area (Å²) in [7, 11) is 1.98. The quantitative estimate of drug-likeness (QED) is 0.560. The summed E-state index contributed by atoms with van der Waals surface area (Å²) in [6.07, 6.45) is 9.63. The van der Waals surface area contributed by atoms with Crippen molar-refractivity contribution in [3.63, 3.8) is 0 Å². The number of nitriles is 1. The van der Waals surface area contributed by atoms with E-state index in [1.807, 2.05) is 36.0 Å². The van der Waals surface area contributed by atoms with Crippen LogP contribution in [0.5, 0.6) is 0 Å². The van der Waals surface area contributed by atoms with E-state index in [1.165, 1.54) is 12.8 Å². The molecular formula is C25H30N8O. The van der Waals surface area contributed by atoms with Crippen molar-refractivity contribution in [3.8, 4) is 17.2 Å². The normalized spacial score (nSPS) is 17.2. The molecule has 0 radical (unpaired) electrons. The highest BCUT2D eigenvalue weighted by atomic mass is 16.1. The topological polar surface area (TPSA) is 95.9 Å². The first-order valence-electron chi connectivity index (χ1n) is 12.0. The molecule has 1 aromatic carbocycles. The number of aromatic nitrogens is 5. The predicted octanol–water partition coefficient (Wildman–Crippen LogP) is 2.39. The third-order valence-electron chi connectivity index (χ3n) is 7.10. The van der Waals surface area contributed by atoms with Crippen LogP contribution in [0.25, 0.3) is 11.1 Å². The highest BCUT2D eigenvalue weighted by Gasteiger charge is 2.27. The minimum absolute atomic E-state index is 0.231. The van der Waals surface area contributed by atoms with Crippen molar-refractivity contribution in [2.75, 3.05) is 37.6 Å². The van der Waals surface area contributed by atoms with Gasteiger partial charge in [0.2, 0.25) is 0 Å². The number of hydrogen-bond acceptors (Lipinski definition) is 7. The number of anilines is 1. The van der Waals surface area contributed by atoms with Crippen LogP contribution in [0, 0.1) is 11.3 Å². The summed E-state index contributed by atoms with van der Waals surface area (Å²) in [5.41, 5.74) is 3.14. The summed E-state index contributed by atoms with van der Waals surface area (Å²) in [4.78, 5) is 21.3. The van der Waals surface area contributed by atoms with Gasteiger partial charge in [0, 0.05) is 62.7 Å². The van der Waals surface area contributed by atoms with E-state index in [0.29, 0.717) is 18.0 Å². The van der Waals surface area contributed by atoms with Gasteiger partial charge >= 0.3 is 5.69 Å². The van der Waals surface area contributed by atoms with Crippen molar-refractivity contribution in [3.05, 3.63) is 58.8 Å². The molecule has 3 aromatic rings. The lowest BCUT2D eigenvalue weighted by atomic mass is 9.93. The van der Waals surface area contributed by atoms with Gasteiger partial charge in [0.1, 0.15) is 18.2 Å². The number of likely N-dealkylation sites (tertiary alicyclic amines) is 1. The molecule has 0 amide bonds. The third-order valence-corrected chi connectivity index (χ3v) is 7.10. The van der Waals surface area contributed by atoms with Crippen LogP contribution in [0.2, 0.25) is 0 Å². The number of hydrogen-bond donors (Lipinski definition) is 0. The van der Waals surface area contributed by atoms with Gasteiger partial charge in [-0.05, 0) is 44.8 Å². The molecule has 0 N–H and O–H groups in total. The van der Waals surface area contributed by atoms with E-state index in [4.69, 9.17) is 0 Å². The minimum Gasteiger partial charge on any atom is -0.370 e. The first kappa shape index (κ1) is 22.3. The summed E-state index contributed by atoms with van der Waals surface area (Å²) >= 11 is 0. The first-order chi connectivity index (χ1) is 16.6. The molecule has 2 aromatic heterocycles. The van der Waals surface area contributed by atoms with E-state index in [9.17, 15) is 10.1 Å². The minimum atomic E-state index is -0.231. The van der Waals surface area contributed by atoms with E-state index < -0.39 is 0 Å². The maximum absolute atomic E-state index is 12.5. The number of aryl methyl sites for hydroxylation is 1. The molecule has 2 saturated heterocycles. The fourth-order valence-electron chi connectivity index (χ4n) is 5.24. The summed E-state index contributed by atoms with van der Waals surface area (Å²) in [6, 6.07) is 8.17. The van der Waals surface area contributed by atoms with Crippen molar-refractivity contribution in [1.29, 1.82) is 5.26 Å². The van der Waals surface area contributed by atoms with Crippen LogP contribution >= 0.6 is 0 Å². The average molecular weight is 459 g/mol. The molecule has 5 rings (SSSR count). The molecule has 2 aliphatic heterocycles. The molecule has 9 nitrogen and oxygen atoms in total. The fourth-order valence-corrected chi connectivity index (χ4v) is 5.24. The molecular weight excluding hydrogens is 428 g/mol. The highest BCUT2D eigenvalue weighted by molar-refractivity contribution is 5.82. The van der Waals surface area contributed by atoms with E-state index in [1.54, 1.807) is 17.1 Å². The summed E-state index contributed by atoms with van der Waals surface area (Å²) < 4.78 is 3.70. The van der Waals surface area contributed by atoms with Crippen molar-refractivity contribution in [2.45, 2.75) is 38.1 Å². The second-order valence-electron chi connectivity index (χ2n) is 9.24. The van der Waals surface area contributed by atoms with E-state index in [0.717, 1.165) is 68.2 Å². The second-order valence-corrected chi connectivity index (χ2v) is 9.24. The van der Waals surface area contributed by atoms with Gasteiger partial charge in [-0.1, -0.05) is 12.1 Å². The lowest BCUT2D eigenvalue weighted by Crippen LogP contribution is -2.34. The van der Waals surface area contributed by atoms with Gasteiger partial charge in [-0.15, -0.1) is 10.2 Å².